The second-order valence-corrected chi connectivity index (χ2v) is 4.84. The minimum Gasteiger partial charge on any atom is -0.341 e. The van der Waals surface area contributed by atoms with Crippen molar-refractivity contribution in [2.75, 3.05) is 6.54 Å². The molecule has 0 fully saturated rings. The van der Waals surface area contributed by atoms with Crippen LogP contribution in [0.3, 0.4) is 0 Å². The fourth-order valence-corrected chi connectivity index (χ4v) is 1.79. The van der Waals surface area contributed by atoms with Gasteiger partial charge in [0.25, 0.3) is 0 Å². The summed E-state index contributed by atoms with van der Waals surface area (Å²) in [5, 5.41) is 0. The van der Waals surface area contributed by atoms with Crippen LogP contribution in [0.4, 0.5) is 0 Å². The third-order valence-corrected chi connectivity index (χ3v) is 3.13. The van der Waals surface area contributed by atoms with E-state index in [1.165, 1.54) is 5.56 Å². The van der Waals surface area contributed by atoms with Crippen molar-refractivity contribution in [1.82, 2.24) is 9.97 Å². The van der Waals surface area contributed by atoms with Crippen molar-refractivity contribution >= 4 is 11.0 Å². The summed E-state index contributed by atoms with van der Waals surface area (Å²) in [4.78, 5) is 8.06. The van der Waals surface area contributed by atoms with Crippen molar-refractivity contribution in [1.29, 1.82) is 0 Å². The van der Waals surface area contributed by atoms with E-state index in [9.17, 15) is 0 Å². The van der Waals surface area contributed by atoms with Crippen LogP contribution in [0.15, 0.2) is 18.2 Å². The van der Waals surface area contributed by atoms with Gasteiger partial charge in [-0.2, -0.15) is 0 Å². The molecular weight excluding hydrogens is 198 g/mol. The lowest BCUT2D eigenvalue weighted by Crippen LogP contribution is -2.29. The van der Waals surface area contributed by atoms with Gasteiger partial charge in [-0.3, -0.25) is 0 Å². The van der Waals surface area contributed by atoms with Gasteiger partial charge in [0, 0.05) is 12.0 Å². The van der Waals surface area contributed by atoms with Gasteiger partial charge in [-0.05, 0) is 18.1 Å². The van der Waals surface area contributed by atoms with Crippen molar-refractivity contribution < 1.29 is 0 Å². The van der Waals surface area contributed by atoms with Crippen LogP contribution in [0.1, 0.15) is 32.2 Å². The maximum absolute atomic E-state index is 5.77. The number of aromatic nitrogens is 2. The average Bonchev–Trinajstić information content (AvgIpc) is 2.73. The first-order chi connectivity index (χ1) is 7.58. The van der Waals surface area contributed by atoms with E-state index in [0.717, 1.165) is 23.3 Å². The van der Waals surface area contributed by atoms with E-state index < -0.39 is 0 Å². The van der Waals surface area contributed by atoms with Crippen molar-refractivity contribution in [3.05, 3.63) is 29.6 Å². The van der Waals surface area contributed by atoms with Crippen LogP contribution in [0, 0.1) is 0 Å². The fraction of sp³-hybridized carbons (Fsp3) is 0.462. The van der Waals surface area contributed by atoms with Crippen LogP contribution in [0.25, 0.3) is 11.0 Å². The molecule has 3 heteroatoms. The predicted octanol–water partition coefficient (Wildman–Crippen LogP) is 2.36. The number of para-hydroxylation sites is 1. The molecule has 0 amide bonds. The number of rotatable bonds is 3. The Hall–Kier alpha value is -1.35. The number of aromatic amines is 1. The highest BCUT2D eigenvalue weighted by Gasteiger charge is 2.22. The number of nitrogens with one attached hydrogen (secondary N) is 1. The van der Waals surface area contributed by atoms with E-state index >= 15 is 0 Å². The lowest BCUT2D eigenvalue weighted by molar-refractivity contribution is 0.509. The van der Waals surface area contributed by atoms with Gasteiger partial charge in [-0.15, -0.1) is 0 Å². The van der Waals surface area contributed by atoms with Gasteiger partial charge < -0.3 is 10.7 Å². The van der Waals surface area contributed by atoms with Gasteiger partial charge >= 0.3 is 0 Å². The minimum atomic E-state index is -0.0932. The molecule has 0 saturated carbocycles. The molecule has 0 saturated heterocycles. The molecule has 0 radical (unpaired) electrons. The standard InChI is InChI=1S/C13H19N3/c1-4-9-6-5-7-10-11(9)16-12(15-10)13(2,3)8-14/h5-7H,4,8,14H2,1-3H3,(H,15,16). The van der Waals surface area contributed by atoms with Gasteiger partial charge in [-0.1, -0.05) is 32.9 Å². The molecular formula is C13H19N3. The number of nitrogens with zero attached hydrogens (tertiary/aromatic N) is 1. The van der Waals surface area contributed by atoms with E-state index in [4.69, 9.17) is 10.7 Å². The van der Waals surface area contributed by atoms with Gasteiger partial charge in [-0.25, -0.2) is 4.98 Å². The van der Waals surface area contributed by atoms with Gasteiger partial charge in [0.2, 0.25) is 0 Å². The van der Waals surface area contributed by atoms with Gasteiger partial charge in [0.05, 0.1) is 11.0 Å². The number of benzene rings is 1. The normalized spacial score (nSPS) is 12.2. The van der Waals surface area contributed by atoms with Crippen molar-refractivity contribution in [2.45, 2.75) is 32.6 Å². The molecule has 1 heterocycles. The summed E-state index contributed by atoms with van der Waals surface area (Å²) in [7, 11) is 0. The monoisotopic (exact) mass is 217 g/mol. The Morgan fingerprint density at radius 1 is 1.38 bits per heavy atom. The highest BCUT2D eigenvalue weighted by atomic mass is 14.9. The second-order valence-electron chi connectivity index (χ2n) is 4.84. The van der Waals surface area contributed by atoms with Gasteiger partial charge in [0.15, 0.2) is 0 Å². The number of hydrogen-bond acceptors (Lipinski definition) is 2. The van der Waals surface area contributed by atoms with E-state index in [0.29, 0.717) is 6.54 Å². The maximum atomic E-state index is 5.77. The third kappa shape index (κ3) is 1.71. The molecule has 1 aromatic carbocycles. The molecule has 1 aromatic heterocycles. The summed E-state index contributed by atoms with van der Waals surface area (Å²) in [5.41, 5.74) is 9.15. The van der Waals surface area contributed by atoms with Gasteiger partial charge in [0.1, 0.15) is 5.82 Å². The Morgan fingerprint density at radius 3 is 2.75 bits per heavy atom. The van der Waals surface area contributed by atoms with Crippen LogP contribution in [0.5, 0.6) is 0 Å². The lowest BCUT2D eigenvalue weighted by atomic mass is 9.93. The topological polar surface area (TPSA) is 54.7 Å². The number of nitrogens with two attached hydrogens (primary N) is 1. The Morgan fingerprint density at radius 2 is 2.12 bits per heavy atom. The highest BCUT2D eigenvalue weighted by molar-refractivity contribution is 5.79. The lowest BCUT2D eigenvalue weighted by Gasteiger charge is -2.18. The molecule has 0 aliphatic carbocycles. The number of H-pyrrole nitrogens is 1. The van der Waals surface area contributed by atoms with Crippen LogP contribution in [0.2, 0.25) is 0 Å². The molecule has 0 atom stereocenters. The molecule has 16 heavy (non-hydrogen) atoms. The van der Waals surface area contributed by atoms with Crippen molar-refractivity contribution in [3.8, 4) is 0 Å². The smallest absolute Gasteiger partial charge is 0.114 e. The Balaban J connectivity index is 2.60. The molecule has 3 N–H and O–H groups in total. The van der Waals surface area contributed by atoms with E-state index in [-0.39, 0.29) is 5.41 Å². The maximum Gasteiger partial charge on any atom is 0.114 e. The van der Waals surface area contributed by atoms with E-state index in [2.05, 4.69) is 44.0 Å². The molecule has 0 aliphatic heterocycles. The zero-order chi connectivity index (χ0) is 11.8. The Labute approximate surface area is 96.1 Å². The number of fused-ring (bicyclic) bond motifs is 1. The third-order valence-electron chi connectivity index (χ3n) is 3.13. The van der Waals surface area contributed by atoms with Crippen LogP contribution >= 0.6 is 0 Å². The summed E-state index contributed by atoms with van der Waals surface area (Å²) >= 11 is 0. The molecule has 3 nitrogen and oxygen atoms in total. The minimum absolute atomic E-state index is 0.0932. The number of aryl methyl sites for hydroxylation is 1. The first-order valence-corrected chi connectivity index (χ1v) is 5.76. The quantitative estimate of drug-likeness (QED) is 0.829. The summed E-state index contributed by atoms with van der Waals surface area (Å²) in [6.45, 7) is 6.96. The Kier molecular flexibility index (Phi) is 2.72. The second kappa shape index (κ2) is 3.91. The zero-order valence-electron chi connectivity index (χ0n) is 10.2. The van der Waals surface area contributed by atoms with Crippen molar-refractivity contribution in [3.63, 3.8) is 0 Å². The first-order valence-electron chi connectivity index (χ1n) is 5.76. The Bertz CT molecular complexity index is 497. The summed E-state index contributed by atoms with van der Waals surface area (Å²) in [6.07, 6.45) is 1.00. The zero-order valence-corrected chi connectivity index (χ0v) is 10.2. The van der Waals surface area contributed by atoms with Crippen molar-refractivity contribution in [2.24, 2.45) is 5.73 Å². The molecule has 2 rings (SSSR count). The molecule has 2 aromatic rings. The summed E-state index contributed by atoms with van der Waals surface area (Å²) in [5.74, 6) is 0.978. The van der Waals surface area contributed by atoms with Crippen LogP contribution < -0.4 is 5.73 Å². The summed E-state index contributed by atoms with van der Waals surface area (Å²) in [6, 6.07) is 6.26. The summed E-state index contributed by atoms with van der Waals surface area (Å²) < 4.78 is 0. The average molecular weight is 217 g/mol. The number of imidazole rings is 1. The molecule has 0 unspecified atom stereocenters. The molecule has 86 valence electrons. The van der Waals surface area contributed by atoms with E-state index in [1.807, 2.05) is 0 Å². The largest absolute Gasteiger partial charge is 0.341 e. The fourth-order valence-electron chi connectivity index (χ4n) is 1.79. The molecule has 0 spiro atoms. The molecule has 0 bridgehead atoms. The predicted molar refractivity (Wildman–Crippen MR) is 67.6 cm³/mol. The first kappa shape index (κ1) is 11.1. The molecule has 0 aliphatic rings. The highest BCUT2D eigenvalue weighted by Crippen LogP contribution is 2.24. The van der Waals surface area contributed by atoms with Crippen LogP contribution in [-0.4, -0.2) is 16.5 Å². The number of hydrogen-bond donors (Lipinski definition) is 2. The van der Waals surface area contributed by atoms with Crippen LogP contribution in [-0.2, 0) is 11.8 Å². The SMILES string of the molecule is CCc1cccc2[nH]c(C(C)(C)CN)nc12. The van der Waals surface area contributed by atoms with E-state index in [1.54, 1.807) is 0 Å².